The quantitative estimate of drug-likeness (QED) is 0.610. The van der Waals surface area contributed by atoms with E-state index in [1.54, 1.807) is 11.6 Å². The van der Waals surface area contributed by atoms with E-state index in [1.165, 1.54) is 11.3 Å². The molecule has 2 heterocycles. The average Bonchev–Trinajstić information content (AvgIpc) is 3.07. The fourth-order valence-corrected chi connectivity index (χ4v) is 3.05. The Balaban J connectivity index is 1.47. The third-order valence-corrected chi connectivity index (χ3v) is 4.39. The molecule has 3 N–H and O–H groups in total. The van der Waals surface area contributed by atoms with E-state index < -0.39 is 0 Å². The van der Waals surface area contributed by atoms with Crippen molar-refractivity contribution in [3.63, 3.8) is 0 Å². The number of urea groups is 1. The summed E-state index contributed by atoms with van der Waals surface area (Å²) in [6.45, 7) is 2.32. The number of hydrogen-bond acceptors (Lipinski definition) is 5. The van der Waals surface area contributed by atoms with Crippen molar-refractivity contribution in [3.8, 4) is 0 Å². The van der Waals surface area contributed by atoms with E-state index in [9.17, 15) is 9.59 Å². The smallest absolute Gasteiger partial charge is 0.325 e. The van der Waals surface area contributed by atoms with E-state index in [-0.39, 0.29) is 18.4 Å². The summed E-state index contributed by atoms with van der Waals surface area (Å²) in [7, 11) is 0. The molecule has 0 aliphatic carbocycles. The largest absolute Gasteiger partial charge is 0.350 e. The molecule has 1 aromatic carbocycles. The van der Waals surface area contributed by atoms with Gasteiger partial charge in [-0.05, 0) is 36.8 Å². The zero-order valence-electron chi connectivity index (χ0n) is 14.7. The van der Waals surface area contributed by atoms with Crippen LogP contribution >= 0.6 is 11.3 Å². The highest BCUT2D eigenvalue weighted by Gasteiger charge is 2.10. The zero-order valence-corrected chi connectivity index (χ0v) is 15.5. The third kappa shape index (κ3) is 5.89. The third-order valence-electron chi connectivity index (χ3n) is 3.58. The number of aryl methyl sites for hydroxylation is 1. The van der Waals surface area contributed by atoms with Gasteiger partial charge in [-0.15, -0.1) is 11.3 Å². The highest BCUT2D eigenvalue weighted by atomic mass is 32.1. The summed E-state index contributed by atoms with van der Waals surface area (Å²) in [4.78, 5) is 32.5. The Labute approximate surface area is 160 Å². The van der Waals surface area contributed by atoms with Gasteiger partial charge in [0.25, 0.3) is 0 Å². The molecule has 0 aliphatic rings. The Morgan fingerprint density at radius 3 is 2.74 bits per heavy atom. The monoisotopic (exact) mass is 381 g/mol. The molecule has 0 spiro atoms. The molecule has 138 valence electrons. The standard InChI is InChI=1S/C19H19N5O2S/c1-13-5-4-7-14(9-13)22-18(26)24-19-23-16(12-27-19)10-17(25)21-11-15-6-2-3-8-20-15/h2-9,12H,10-11H2,1H3,(H,21,25)(H2,22,23,24,26). The molecule has 0 saturated heterocycles. The number of carbonyl (C=O) groups is 2. The first-order valence-electron chi connectivity index (χ1n) is 8.34. The fraction of sp³-hybridized carbons (Fsp3) is 0.158. The number of nitrogens with one attached hydrogen (secondary N) is 3. The van der Waals surface area contributed by atoms with Crippen molar-refractivity contribution in [2.24, 2.45) is 0 Å². The lowest BCUT2D eigenvalue weighted by Gasteiger charge is -2.06. The molecule has 27 heavy (non-hydrogen) atoms. The second-order valence-corrected chi connectivity index (χ2v) is 6.73. The van der Waals surface area contributed by atoms with E-state index in [0.717, 1.165) is 11.3 Å². The van der Waals surface area contributed by atoms with Gasteiger partial charge >= 0.3 is 6.03 Å². The van der Waals surface area contributed by atoms with E-state index in [4.69, 9.17) is 0 Å². The van der Waals surface area contributed by atoms with Gasteiger partial charge in [-0.25, -0.2) is 9.78 Å². The number of carbonyl (C=O) groups excluding carboxylic acids is 2. The van der Waals surface area contributed by atoms with E-state index in [2.05, 4.69) is 25.9 Å². The maximum absolute atomic E-state index is 12.0. The van der Waals surface area contributed by atoms with E-state index in [1.807, 2.05) is 49.4 Å². The van der Waals surface area contributed by atoms with Crippen LogP contribution in [0.25, 0.3) is 0 Å². The number of amides is 3. The van der Waals surface area contributed by atoms with Gasteiger partial charge < -0.3 is 10.6 Å². The number of hydrogen-bond donors (Lipinski definition) is 3. The minimum absolute atomic E-state index is 0.143. The normalized spacial score (nSPS) is 10.3. The molecule has 0 fully saturated rings. The highest BCUT2D eigenvalue weighted by Crippen LogP contribution is 2.17. The number of rotatable bonds is 6. The number of aromatic nitrogens is 2. The summed E-state index contributed by atoms with van der Waals surface area (Å²) in [5, 5.41) is 10.4. The topological polar surface area (TPSA) is 96.0 Å². The molecule has 0 bridgehead atoms. The molecule has 2 aromatic heterocycles. The van der Waals surface area contributed by atoms with Crippen LogP contribution in [0, 0.1) is 6.92 Å². The van der Waals surface area contributed by atoms with Crippen LogP contribution in [0.4, 0.5) is 15.6 Å². The minimum atomic E-state index is -0.374. The van der Waals surface area contributed by atoms with Gasteiger partial charge in [-0.3, -0.25) is 15.1 Å². The summed E-state index contributed by atoms with van der Waals surface area (Å²) in [5.74, 6) is -0.151. The van der Waals surface area contributed by atoms with Crippen LogP contribution in [-0.4, -0.2) is 21.9 Å². The number of nitrogens with zero attached hydrogens (tertiary/aromatic N) is 2. The van der Waals surface area contributed by atoms with Crippen molar-refractivity contribution >= 4 is 34.1 Å². The molecule has 0 saturated carbocycles. The average molecular weight is 381 g/mol. The lowest BCUT2D eigenvalue weighted by atomic mass is 10.2. The van der Waals surface area contributed by atoms with Crippen molar-refractivity contribution < 1.29 is 9.59 Å². The van der Waals surface area contributed by atoms with E-state index >= 15 is 0 Å². The number of pyridine rings is 1. The van der Waals surface area contributed by atoms with Crippen LogP contribution in [0.1, 0.15) is 17.0 Å². The Morgan fingerprint density at radius 1 is 1.07 bits per heavy atom. The Bertz CT molecular complexity index is 927. The molecule has 0 aliphatic heterocycles. The number of benzene rings is 1. The summed E-state index contributed by atoms with van der Waals surface area (Å²) in [5.41, 5.74) is 3.16. The summed E-state index contributed by atoms with van der Waals surface area (Å²) in [6.07, 6.45) is 1.83. The predicted octanol–water partition coefficient (Wildman–Crippen LogP) is 3.35. The molecule has 7 nitrogen and oxygen atoms in total. The predicted molar refractivity (Wildman–Crippen MR) is 106 cm³/mol. The molecular formula is C19H19N5O2S. The molecule has 8 heteroatoms. The van der Waals surface area contributed by atoms with Gasteiger partial charge in [0.1, 0.15) is 0 Å². The molecular weight excluding hydrogens is 362 g/mol. The maximum Gasteiger partial charge on any atom is 0.325 e. The van der Waals surface area contributed by atoms with E-state index in [0.29, 0.717) is 23.1 Å². The van der Waals surface area contributed by atoms with Gasteiger partial charge in [0.15, 0.2) is 5.13 Å². The van der Waals surface area contributed by atoms with Crippen molar-refractivity contribution in [2.45, 2.75) is 19.9 Å². The van der Waals surface area contributed by atoms with Gasteiger partial charge in [0, 0.05) is 17.3 Å². The zero-order chi connectivity index (χ0) is 19.1. The number of thiazole rings is 1. The lowest BCUT2D eigenvalue weighted by Crippen LogP contribution is -2.25. The first-order valence-corrected chi connectivity index (χ1v) is 9.22. The SMILES string of the molecule is Cc1cccc(NC(=O)Nc2nc(CC(=O)NCc3ccccn3)cs2)c1. The van der Waals surface area contributed by atoms with Crippen molar-refractivity contribution in [2.75, 3.05) is 10.6 Å². The first kappa shape index (κ1) is 18.5. The molecule has 0 unspecified atom stereocenters. The molecule has 0 atom stereocenters. The minimum Gasteiger partial charge on any atom is -0.350 e. The molecule has 3 aromatic rings. The summed E-state index contributed by atoms with van der Waals surface area (Å²) < 4.78 is 0. The van der Waals surface area contributed by atoms with Crippen LogP contribution < -0.4 is 16.0 Å². The second kappa shape index (κ2) is 8.91. The van der Waals surface area contributed by atoms with Crippen LogP contribution in [0.15, 0.2) is 54.0 Å². The fourth-order valence-electron chi connectivity index (χ4n) is 2.35. The van der Waals surface area contributed by atoms with Crippen molar-refractivity contribution in [3.05, 3.63) is 71.0 Å². The highest BCUT2D eigenvalue weighted by molar-refractivity contribution is 7.14. The molecule has 0 radical (unpaired) electrons. The van der Waals surface area contributed by atoms with Gasteiger partial charge in [-0.1, -0.05) is 18.2 Å². The first-order chi connectivity index (χ1) is 13.1. The van der Waals surface area contributed by atoms with Crippen LogP contribution in [-0.2, 0) is 17.8 Å². The van der Waals surface area contributed by atoms with Crippen molar-refractivity contribution in [1.29, 1.82) is 0 Å². The number of anilines is 2. The summed E-state index contributed by atoms with van der Waals surface area (Å²) >= 11 is 1.27. The Hall–Kier alpha value is -3.26. The summed E-state index contributed by atoms with van der Waals surface area (Å²) in [6, 6.07) is 12.7. The Morgan fingerprint density at radius 2 is 1.96 bits per heavy atom. The molecule has 3 rings (SSSR count). The van der Waals surface area contributed by atoms with Crippen LogP contribution in [0.3, 0.4) is 0 Å². The Kier molecular flexibility index (Phi) is 6.11. The van der Waals surface area contributed by atoms with Crippen molar-refractivity contribution in [1.82, 2.24) is 15.3 Å². The maximum atomic E-state index is 12.0. The van der Waals surface area contributed by atoms with Crippen LogP contribution in [0.2, 0.25) is 0 Å². The molecule has 3 amide bonds. The van der Waals surface area contributed by atoms with Gasteiger partial charge in [-0.2, -0.15) is 0 Å². The second-order valence-electron chi connectivity index (χ2n) is 5.87. The van der Waals surface area contributed by atoms with Crippen LogP contribution in [0.5, 0.6) is 0 Å². The van der Waals surface area contributed by atoms with Gasteiger partial charge in [0.2, 0.25) is 5.91 Å². The lowest BCUT2D eigenvalue weighted by molar-refractivity contribution is -0.120. The van der Waals surface area contributed by atoms with Gasteiger partial charge in [0.05, 0.1) is 24.4 Å².